The Morgan fingerprint density at radius 1 is 1.14 bits per heavy atom. The van der Waals surface area contributed by atoms with Gasteiger partial charge in [0, 0.05) is 39.4 Å². The summed E-state index contributed by atoms with van der Waals surface area (Å²) >= 11 is 4.86. The fraction of sp³-hybridized carbons (Fsp3) is 0.0625. The third kappa shape index (κ3) is 3.49. The summed E-state index contributed by atoms with van der Waals surface area (Å²) in [5, 5.41) is 6.18. The molecule has 106 valence electrons. The van der Waals surface area contributed by atoms with E-state index in [0.29, 0.717) is 12.1 Å². The van der Waals surface area contributed by atoms with Crippen LogP contribution in [0.25, 0.3) is 10.6 Å². The number of rotatable bonds is 4. The predicted molar refractivity (Wildman–Crippen MR) is 89.0 cm³/mol. The molecule has 1 aromatic heterocycles. The van der Waals surface area contributed by atoms with Gasteiger partial charge >= 0.3 is 0 Å². The summed E-state index contributed by atoms with van der Waals surface area (Å²) in [6.45, 7) is 0.454. The quantitative estimate of drug-likeness (QED) is 0.678. The van der Waals surface area contributed by atoms with Gasteiger partial charge in [0.05, 0.1) is 0 Å². The Morgan fingerprint density at radius 3 is 2.62 bits per heavy atom. The fourth-order valence-corrected chi connectivity index (χ4v) is 2.94. The zero-order valence-electron chi connectivity index (χ0n) is 11.0. The molecule has 0 radical (unpaired) electrons. The lowest BCUT2D eigenvalue weighted by Gasteiger charge is -2.08. The van der Waals surface area contributed by atoms with Crippen LogP contribution in [-0.2, 0) is 6.54 Å². The lowest BCUT2D eigenvalue weighted by molar-refractivity contribution is 0.612. The average Bonchev–Trinajstić information content (AvgIpc) is 3.01. The number of benzene rings is 2. The first kappa shape index (κ1) is 14.2. The van der Waals surface area contributed by atoms with E-state index in [1.165, 1.54) is 6.07 Å². The molecule has 0 unspecified atom stereocenters. The van der Waals surface area contributed by atoms with Crippen LogP contribution in [0.1, 0.15) is 5.56 Å². The fourth-order valence-electron chi connectivity index (χ4n) is 1.96. The number of thiazole rings is 1. The standard InChI is InChI=1S/C16H12BrFN2S/c17-13-4-1-12(15(18)9-13)10-20-14-5-2-11(3-6-14)16-19-7-8-21-16/h1-9,20H,10H2. The molecule has 3 rings (SSSR count). The van der Waals surface area contributed by atoms with Crippen molar-refractivity contribution in [2.24, 2.45) is 0 Å². The highest BCUT2D eigenvalue weighted by atomic mass is 79.9. The molecule has 0 aliphatic heterocycles. The maximum atomic E-state index is 13.7. The molecule has 2 nitrogen and oxygen atoms in total. The minimum atomic E-state index is -0.212. The predicted octanol–water partition coefficient (Wildman–Crippen LogP) is 5.32. The van der Waals surface area contributed by atoms with Crippen molar-refractivity contribution in [3.63, 3.8) is 0 Å². The second kappa shape index (κ2) is 6.37. The van der Waals surface area contributed by atoms with E-state index < -0.39 is 0 Å². The SMILES string of the molecule is Fc1cc(Br)ccc1CNc1ccc(-c2nccs2)cc1. The number of aromatic nitrogens is 1. The Bertz CT molecular complexity index is 727. The highest BCUT2D eigenvalue weighted by Gasteiger charge is 2.03. The van der Waals surface area contributed by atoms with Gasteiger partial charge in [0.2, 0.25) is 0 Å². The van der Waals surface area contributed by atoms with Crippen molar-refractivity contribution in [1.29, 1.82) is 0 Å². The molecule has 21 heavy (non-hydrogen) atoms. The molecule has 0 amide bonds. The molecule has 1 heterocycles. The van der Waals surface area contributed by atoms with Crippen LogP contribution in [0, 0.1) is 5.82 Å². The summed E-state index contributed by atoms with van der Waals surface area (Å²) < 4.78 is 14.5. The van der Waals surface area contributed by atoms with Gasteiger partial charge in [-0.15, -0.1) is 11.3 Å². The second-order valence-electron chi connectivity index (χ2n) is 4.50. The lowest BCUT2D eigenvalue weighted by atomic mass is 10.2. The number of anilines is 1. The topological polar surface area (TPSA) is 24.9 Å². The molecule has 0 atom stereocenters. The van der Waals surface area contributed by atoms with Crippen LogP contribution in [0.2, 0.25) is 0 Å². The van der Waals surface area contributed by atoms with Crippen LogP contribution >= 0.6 is 27.3 Å². The Kier molecular flexibility index (Phi) is 4.31. The van der Waals surface area contributed by atoms with Gasteiger partial charge < -0.3 is 5.32 Å². The molecule has 1 N–H and O–H groups in total. The van der Waals surface area contributed by atoms with Gasteiger partial charge in [-0.1, -0.05) is 22.0 Å². The summed E-state index contributed by atoms with van der Waals surface area (Å²) in [4.78, 5) is 4.27. The first-order valence-corrected chi connectivity index (χ1v) is 8.07. The summed E-state index contributed by atoms with van der Waals surface area (Å²) in [5.41, 5.74) is 2.69. The van der Waals surface area contributed by atoms with Gasteiger partial charge in [0.25, 0.3) is 0 Å². The second-order valence-corrected chi connectivity index (χ2v) is 6.31. The number of hydrogen-bond acceptors (Lipinski definition) is 3. The first-order chi connectivity index (χ1) is 10.2. The lowest BCUT2D eigenvalue weighted by Crippen LogP contribution is -2.01. The van der Waals surface area contributed by atoms with Crippen LogP contribution in [0.5, 0.6) is 0 Å². The Balaban J connectivity index is 1.68. The summed E-state index contributed by atoms with van der Waals surface area (Å²) in [7, 11) is 0. The Hall–Kier alpha value is -1.72. The number of nitrogens with zero attached hydrogens (tertiary/aromatic N) is 1. The van der Waals surface area contributed by atoms with Crippen LogP contribution in [0.4, 0.5) is 10.1 Å². The normalized spacial score (nSPS) is 10.6. The van der Waals surface area contributed by atoms with E-state index in [-0.39, 0.29) is 5.82 Å². The maximum absolute atomic E-state index is 13.7. The van der Waals surface area contributed by atoms with Gasteiger partial charge in [0.15, 0.2) is 0 Å². The number of nitrogens with one attached hydrogen (secondary N) is 1. The van der Waals surface area contributed by atoms with Gasteiger partial charge in [0.1, 0.15) is 10.8 Å². The molecule has 0 aliphatic carbocycles. The van der Waals surface area contributed by atoms with Crippen molar-refractivity contribution in [1.82, 2.24) is 4.98 Å². The summed E-state index contributed by atoms with van der Waals surface area (Å²) in [6.07, 6.45) is 1.79. The molecule has 2 aromatic carbocycles. The Morgan fingerprint density at radius 2 is 1.95 bits per heavy atom. The largest absolute Gasteiger partial charge is 0.381 e. The monoisotopic (exact) mass is 362 g/mol. The molecular weight excluding hydrogens is 351 g/mol. The van der Waals surface area contributed by atoms with Crippen molar-refractivity contribution < 1.29 is 4.39 Å². The van der Waals surface area contributed by atoms with E-state index in [9.17, 15) is 4.39 Å². The van der Waals surface area contributed by atoms with E-state index in [1.54, 1.807) is 23.6 Å². The van der Waals surface area contributed by atoms with Gasteiger partial charge in [-0.2, -0.15) is 0 Å². The van der Waals surface area contributed by atoms with Crippen molar-refractivity contribution in [3.8, 4) is 10.6 Å². The molecule has 0 aliphatic rings. The van der Waals surface area contributed by atoms with E-state index in [0.717, 1.165) is 20.7 Å². The molecule has 0 spiro atoms. The van der Waals surface area contributed by atoms with Crippen molar-refractivity contribution in [3.05, 3.63) is 69.9 Å². The van der Waals surface area contributed by atoms with Crippen molar-refractivity contribution >= 4 is 33.0 Å². The van der Waals surface area contributed by atoms with Gasteiger partial charge in [-0.05, 0) is 36.4 Å². The molecule has 0 fully saturated rings. The number of hydrogen-bond donors (Lipinski definition) is 1. The summed E-state index contributed by atoms with van der Waals surface area (Å²) in [5.74, 6) is -0.212. The van der Waals surface area contributed by atoms with Crippen LogP contribution in [-0.4, -0.2) is 4.98 Å². The van der Waals surface area contributed by atoms with Crippen LogP contribution in [0.15, 0.2) is 58.5 Å². The molecule has 5 heteroatoms. The van der Waals surface area contributed by atoms with E-state index >= 15 is 0 Å². The maximum Gasteiger partial charge on any atom is 0.129 e. The molecule has 0 saturated heterocycles. The highest BCUT2D eigenvalue weighted by molar-refractivity contribution is 9.10. The molecule has 0 bridgehead atoms. The zero-order valence-corrected chi connectivity index (χ0v) is 13.4. The van der Waals surface area contributed by atoms with Crippen LogP contribution < -0.4 is 5.32 Å². The minimum Gasteiger partial charge on any atom is -0.381 e. The van der Waals surface area contributed by atoms with Crippen molar-refractivity contribution in [2.45, 2.75) is 6.54 Å². The zero-order chi connectivity index (χ0) is 14.7. The van der Waals surface area contributed by atoms with E-state index in [1.807, 2.05) is 35.7 Å². The molecule has 0 saturated carbocycles. The third-order valence-electron chi connectivity index (χ3n) is 3.06. The van der Waals surface area contributed by atoms with Gasteiger partial charge in [-0.3, -0.25) is 0 Å². The van der Waals surface area contributed by atoms with E-state index in [4.69, 9.17) is 0 Å². The minimum absolute atomic E-state index is 0.212. The average molecular weight is 363 g/mol. The molecular formula is C16H12BrFN2S. The smallest absolute Gasteiger partial charge is 0.129 e. The van der Waals surface area contributed by atoms with E-state index in [2.05, 4.69) is 26.2 Å². The Labute approximate surface area is 134 Å². The first-order valence-electron chi connectivity index (χ1n) is 6.40. The highest BCUT2D eigenvalue weighted by Crippen LogP contribution is 2.23. The van der Waals surface area contributed by atoms with Gasteiger partial charge in [-0.25, -0.2) is 9.37 Å². The molecule has 3 aromatic rings. The third-order valence-corrected chi connectivity index (χ3v) is 4.38. The van der Waals surface area contributed by atoms with Crippen LogP contribution in [0.3, 0.4) is 0 Å². The number of halogens is 2. The summed E-state index contributed by atoms with van der Waals surface area (Å²) in [6, 6.07) is 13.1. The van der Waals surface area contributed by atoms with Crippen molar-refractivity contribution in [2.75, 3.05) is 5.32 Å².